The lowest BCUT2D eigenvalue weighted by atomic mass is 9.95. The van der Waals surface area contributed by atoms with Crippen molar-refractivity contribution in [1.29, 1.82) is 0 Å². The molecule has 3 aromatic rings. The zero-order valence-electron chi connectivity index (χ0n) is 22.6. The molecule has 4 atom stereocenters. The largest absolute Gasteiger partial charge is 0.475 e. The number of rotatable bonds is 13. The van der Waals surface area contributed by atoms with Crippen LogP contribution in [-0.2, 0) is 20.9 Å². The number of nitrogens with two attached hydrogens (primary N) is 1. The Labute approximate surface area is 232 Å². The molecule has 214 valence electrons. The predicted molar refractivity (Wildman–Crippen MR) is 149 cm³/mol. The second kappa shape index (κ2) is 13.5. The number of carboxylic acid groups (broad SMARTS) is 1. The number of fused-ring (bicyclic) bond motifs is 1. The summed E-state index contributed by atoms with van der Waals surface area (Å²) >= 11 is 0. The number of amides is 2. The molecule has 1 saturated heterocycles. The minimum absolute atomic E-state index is 0.126. The van der Waals surface area contributed by atoms with E-state index in [0.29, 0.717) is 61.9 Å². The molecule has 0 saturated carbocycles. The summed E-state index contributed by atoms with van der Waals surface area (Å²) in [5, 5.41) is 12.6. The number of carboxylic acids is 1. The van der Waals surface area contributed by atoms with Crippen LogP contribution in [0.15, 0.2) is 59.0 Å². The van der Waals surface area contributed by atoms with Gasteiger partial charge in [-0.1, -0.05) is 43.7 Å². The van der Waals surface area contributed by atoms with Crippen LogP contribution in [0.1, 0.15) is 55.1 Å². The Balaban J connectivity index is 1.52. The van der Waals surface area contributed by atoms with Crippen LogP contribution in [0, 0.1) is 5.92 Å². The molecular weight excluding hydrogens is 517 g/mol. The Morgan fingerprint density at radius 3 is 2.65 bits per heavy atom. The van der Waals surface area contributed by atoms with E-state index in [2.05, 4.69) is 5.32 Å². The molecule has 1 aliphatic rings. The van der Waals surface area contributed by atoms with Crippen LogP contribution in [0.4, 0.5) is 10.1 Å². The molecule has 1 aliphatic heterocycles. The monoisotopic (exact) mass is 553 g/mol. The number of ether oxygens (including phenoxy) is 1. The molecule has 0 aliphatic carbocycles. The zero-order chi connectivity index (χ0) is 28.6. The highest BCUT2D eigenvalue weighted by atomic mass is 19.1. The van der Waals surface area contributed by atoms with Gasteiger partial charge in [0.05, 0.1) is 12.7 Å². The van der Waals surface area contributed by atoms with Gasteiger partial charge in [-0.3, -0.25) is 9.59 Å². The summed E-state index contributed by atoms with van der Waals surface area (Å²) in [4.78, 5) is 40.2. The van der Waals surface area contributed by atoms with E-state index < -0.39 is 30.8 Å². The lowest BCUT2D eigenvalue weighted by Crippen LogP contribution is -2.50. The van der Waals surface area contributed by atoms with Gasteiger partial charge >= 0.3 is 5.97 Å². The average molecular weight is 554 g/mol. The van der Waals surface area contributed by atoms with E-state index in [-0.39, 0.29) is 23.5 Å². The van der Waals surface area contributed by atoms with Crippen molar-refractivity contribution >= 4 is 34.4 Å². The number of aromatic carboxylic acids is 1. The van der Waals surface area contributed by atoms with Crippen molar-refractivity contribution in [2.45, 2.75) is 63.8 Å². The topological polar surface area (TPSA) is 135 Å². The maximum atomic E-state index is 13.7. The Hall–Kier alpha value is -3.76. The molecular formula is C30H36FN3O6. The average Bonchev–Trinajstić information content (AvgIpc) is 3.59. The lowest BCUT2D eigenvalue weighted by Gasteiger charge is -2.30. The highest BCUT2D eigenvalue weighted by Gasteiger charge is 2.44. The zero-order valence-corrected chi connectivity index (χ0v) is 22.6. The molecule has 1 unspecified atom stereocenters. The van der Waals surface area contributed by atoms with E-state index in [9.17, 15) is 23.9 Å². The molecule has 40 heavy (non-hydrogen) atoms. The van der Waals surface area contributed by atoms with Crippen LogP contribution in [0.2, 0.25) is 0 Å². The second-order valence-electron chi connectivity index (χ2n) is 10.2. The molecule has 10 heteroatoms. The molecule has 4 N–H and O–H groups in total. The van der Waals surface area contributed by atoms with E-state index >= 15 is 0 Å². The van der Waals surface area contributed by atoms with Gasteiger partial charge in [-0.25, -0.2) is 9.18 Å². The van der Waals surface area contributed by atoms with Gasteiger partial charge in [0.2, 0.25) is 17.6 Å². The van der Waals surface area contributed by atoms with Crippen LogP contribution in [-0.4, -0.2) is 59.2 Å². The van der Waals surface area contributed by atoms with Gasteiger partial charge in [-0.2, -0.15) is 0 Å². The molecule has 0 radical (unpaired) electrons. The summed E-state index contributed by atoms with van der Waals surface area (Å²) in [6, 6.07) is 14.5. The fourth-order valence-corrected chi connectivity index (χ4v) is 5.16. The van der Waals surface area contributed by atoms with Gasteiger partial charge in [0.1, 0.15) is 18.3 Å². The van der Waals surface area contributed by atoms with Crippen LogP contribution < -0.4 is 11.1 Å². The van der Waals surface area contributed by atoms with Gasteiger partial charge in [0.15, 0.2) is 0 Å². The number of hydrogen-bond acceptors (Lipinski definition) is 6. The Kier molecular flexibility index (Phi) is 9.89. The number of likely N-dealkylation sites (tertiary alicyclic amines) is 1. The van der Waals surface area contributed by atoms with Gasteiger partial charge in [-0.15, -0.1) is 0 Å². The first-order valence-corrected chi connectivity index (χ1v) is 13.7. The number of carbonyl (C=O) groups is 3. The maximum absolute atomic E-state index is 13.7. The molecule has 0 spiro atoms. The highest BCUT2D eigenvalue weighted by molar-refractivity contribution is 6.00. The third kappa shape index (κ3) is 7.05. The normalized spacial score (nSPS) is 18.5. The first kappa shape index (κ1) is 29.2. The van der Waals surface area contributed by atoms with E-state index in [1.165, 1.54) is 6.07 Å². The smallest absolute Gasteiger partial charge is 0.371 e. The lowest BCUT2D eigenvalue weighted by molar-refractivity contribution is -0.143. The quantitative estimate of drug-likeness (QED) is 0.278. The summed E-state index contributed by atoms with van der Waals surface area (Å²) < 4.78 is 24.3. The molecule has 2 aromatic carbocycles. The highest BCUT2D eigenvalue weighted by Crippen LogP contribution is 2.29. The number of halogens is 1. The number of carbonyl (C=O) groups excluding carboxylic acids is 2. The molecule has 4 rings (SSSR count). The van der Waals surface area contributed by atoms with E-state index in [1.807, 2.05) is 37.3 Å². The fraction of sp³-hybridized carbons (Fsp3) is 0.433. The van der Waals surface area contributed by atoms with Crippen molar-refractivity contribution in [3.63, 3.8) is 0 Å². The third-order valence-corrected chi connectivity index (χ3v) is 7.36. The number of alkyl halides is 1. The minimum atomic E-state index is -1.18. The van der Waals surface area contributed by atoms with Crippen molar-refractivity contribution in [1.82, 2.24) is 4.90 Å². The first-order chi connectivity index (χ1) is 19.3. The second-order valence-corrected chi connectivity index (χ2v) is 10.2. The van der Waals surface area contributed by atoms with E-state index in [4.69, 9.17) is 14.9 Å². The van der Waals surface area contributed by atoms with Gasteiger partial charge in [0.25, 0.3) is 0 Å². The summed E-state index contributed by atoms with van der Waals surface area (Å²) in [7, 11) is 0. The number of anilines is 1. The number of benzene rings is 2. The SMILES string of the molecule is CC[C@H](CCCC(N)CF)C(=O)N1CC[C@@H](OCc2ccccc2)[C@H]1C(=O)Nc1ccc2oc(C(=O)O)cc2c1. The van der Waals surface area contributed by atoms with Crippen molar-refractivity contribution in [3.8, 4) is 0 Å². The van der Waals surface area contributed by atoms with Crippen molar-refractivity contribution in [2.24, 2.45) is 11.7 Å². The van der Waals surface area contributed by atoms with Crippen molar-refractivity contribution in [3.05, 3.63) is 65.9 Å². The van der Waals surface area contributed by atoms with Gasteiger partial charge in [-0.05, 0) is 55.5 Å². The predicted octanol–water partition coefficient (Wildman–Crippen LogP) is 4.75. The van der Waals surface area contributed by atoms with Crippen molar-refractivity contribution < 1.29 is 33.0 Å². The Bertz CT molecular complexity index is 1310. The summed E-state index contributed by atoms with van der Waals surface area (Å²) in [5.41, 5.74) is 7.50. The number of hydrogen-bond donors (Lipinski definition) is 3. The Morgan fingerprint density at radius 1 is 1.18 bits per heavy atom. The minimum Gasteiger partial charge on any atom is -0.475 e. The molecule has 1 fully saturated rings. The van der Waals surface area contributed by atoms with Crippen LogP contribution >= 0.6 is 0 Å². The number of nitrogens with one attached hydrogen (secondary N) is 1. The Morgan fingerprint density at radius 2 is 1.95 bits per heavy atom. The maximum Gasteiger partial charge on any atom is 0.371 e. The van der Waals surface area contributed by atoms with Crippen LogP contribution in [0.5, 0.6) is 0 Å². The van der Waals surface area contributed by atoms with Gasteiger partial charge in [0, 0.05) is 29.6 Å². The van der Waals surface area contributed by atoms with Crippen LogP contribution in [0.25, 0.3) is 11.0 Å². The number of furan rings is 1. The van der Waals surface area contributed by atoms with E-state index in [0.717, 1.165) is 5.56 Å². The summed E-state index contributed by atoms with van der Waals surface area (Å²) in [6.45, 7) is 2.01. The van der Waals surface area contributed by atoms with Crippen molar-refractivity contribution in [2.75, 3.05) is 18.5 Å². The summed E-state index contributed by atoms with van der Waals surface area (Å²) in [6.07, 6.45) is 2.25. The van der Waals surface area contributed by atoms with Gasteiger partial charge < -0.3 is 30.2 Å². The molecule has 2 heterocycles. The molecule has 1 aromatic heterocycles. The van der Waals surface area contributed by atoms with E-state index in [1.54, 1.807) is 23.1 Å². The molecule has 0 bridgehead atoms. The first-order valence-electron chi connectivity index (χ1n) is 13.7. The standard InChI is InChI=1S/C30H36FN3O6/c1-2-20(9-6-10-22(32)17-31)29(36)34-14-13-25(39-18-19-7-4-3-5-8-19)27(34)28(35)33-23-11-12-24-21(15-23)16-26(40-24)30(37)38/h3-5,7-8,11-12,15-16,20,22,25,27H,2,6,9-10,13-14,17-18,32H2,1H3,(H,33,35)(H,37,38)/t20-,22?,25-,27+/m1/s1. The van der Waals surface area contributed by atoms with Crippen LogP contribution in [0.3, 0.4) is 0 Å². The fourth-order valence-electron chi connectivity index (χ4n) is 5.16. The molecule has 9 nitrogen and oxygen atoms in total. The summed E-state index contributed by atoms with van der Waals surface area (Å²) in [5.74, 6) is -2.21. The number of nitrogens with zero attached hydrogens (tertiary/aromatic N) is 1. The molecule has 2 amide bonds. The third-order valence-electron chi connectivity index (χ3n) is 7.36.